The number of anilines is 1. The summed E-state index contributed by atoms with van der Waals surface area (Å²) in [7, 11) is 0. The number of thiocarbonyl (C=S) groups is 1. The number of amides is 1. The van der Waals surface area contributed by atoms with Gasteiger partial charge in [0, 0.05) is 11.0 Å². The number of nitriles is 1. The molecule has 7 heteroatoms. The summed E-state index contributed by atoms with van der Waals surface area (Å²) in [5, 5.41) is 15.8. The van der Waals surface area contributed by atoms with Gasteiger partial charge in [-0.15, -0.1) is 11.3 Å². The van der Waals surface area contributed by atoms with Crippen LogP contribution in [0.15, 0.2) is 30.3 Å². The number of rotatable bonds is 3. The van der Waals surface area contributed by atoms with E-state index in [0.29, 0.717) is 16.1 Å². The molecule has 3 rings (SSSR count). The minimum atomic E-state index is -0.397. The van der Waals surface area contributed by atoms with Crippen LogP contribution >= 0.6 is 23.6 Å². The second-order valence-electron chi connectivity index (χ2n) is 5.86. The zero-order valence-electron chi connectivity index (χ0n) is 13.8. The van der Waals surface area contributed by atoms with Crippen molar-refractivity contribution < 1.29 is 9.18 Å². The third-order valence-corrected chi connectivity index (χ3v) is 5.46. The number of halogens is 1. The Kier molecular flexibility index (Phi) is 5.76. The van der Waals surface area contributed by atoms with Crippen molar-refractivity contribution in [2.75, 3.05) is 5.32 Å². The lowest BCUT2D eigenvalue weighted by molar-refractivity contribution is -0.115. The first-order valence-corrected chi connectivity index (χ1v) is 9.39. The van der Waals surface area contributed by atoms with Crippen molar-refractivity contribution in [2.45, 2.75) is 25.7 Å². The molecule has 0 atom stereocenters. The first-order valence-electron chi connectivity index (χ1n) is 8.17. The molecular formula is C19H16FN3OS2. The molecule has 2 N–H and O–H groups in total. The summed E-state index contributed by atoms with van der Waals surface area (Å²) in [6.07, 6.45) is 7.01. The van der Waals surface area contributed by atoms with E-state index in [1.165, 1.54) is 34.4 Å². The van der Waals surface area contributed by atoms with Crippen LogP contribution in [0.2, 0.25) is 0 Å². The Hall–Kier alpha value is -2.56. The Bertz CT molecular complexity index is 910. The van der Waals surface area contributed by atoms with E-state index in [1.54, 1.807) is 18.2 Å². The van der Waals surface area contributed by atoms with Gasteiger partial charge in [-0.1, -0.05) is 12.1 Å². The molecule has 0 saturated heterocycles. The number of nitrogens with zero attached hydrogens (tertiary/aromatic N) is 1. The van der Waals surface area contributed by atoms with Crippen molar-refractivity contribution in [3.05, 3.63) is 57.7 Å². The molecule has 0 aliphatic heterocycles. The second kappa shape index (κ2) is 8.21. The third kappa shape index (κ3) is 4.34. The molecule has 2 aromatic rings. The molecule has 0 radical (unpaired) electrons. The minimum absolute atomic E-state index is 0.147. The molecule has 1 aliphatic carbocycles. The Morgan fingerprint density at radius 1 is 1.27 bits per heavy atom. The SMILES string of the molecule is N#Cc1c(NC(=S)NC(=O)/C=C\c2ccc(F)cc2)sc2c1CCCC2. The van der Waals surface area contributed by atoms with Crippen molar-refractivity contribution in [1.82, 2.24) is 5.32 Å². The topological polar surface area (TPSA) is 64.9 Å². The van der Waals surface area contributed by atoms with E-state index in [1.807, 2.05) is 0 Å². The minimum Gasteiger partial charge on any atom is -0.323 e. The van der Waals surface area contributed by atoms with Gasteiger partial charge in [0.25, 0.3) is 0 Å². The number of carbonyl (C=O) groups is 1. The van der Waals surface area contributed by atoms with Crippen LogP contribution in [0.4, 0.5) is 9.39 Å². The number of hydrogen-bond donors (Lipinski definition) is 2. The smallest absolute Gasteiger partial charge is 0.250 e. The van der Waals surface area contributed by atoms with Crippen molar-refractivity contribution in [1.29, 1.82) is 5.26 Å². The number of fused-ring (bicyclic) bond motifs is 1. The summed E-state index contributed by atoms with van der Waals surface area (Å²) in [6, 6.07) is 8.04. The lowest BCUT2D eigenvalue weighted by atomic mass is 9.96. The van der Waals surface area contributed by atoms with Gasteiger partial charge in [0.2, 0.25) is 5.91 Å². The van der Waals surface area contributed by atoms with Gasteiger partial charge in [-0.05, 0) is 67.2 Å². The van der Waals surface area contributed by atoms with Crippen LogP contribution in [0.5, 0.6) is 0 Å². The molecule has 1 amide bonds. The monoisotopic (exact) mass is 385 g/mol. The Labute approximate surface area is 160 Å². The van der Waals surface area contributed by atoms with Crippen LogP contribution in [-0.4, -0.2) is 11.0 Å². The molecule has 0 spiro atoms. The molecule has 26 heavy (non-hydrogen) atoms. The Morgan fingerprint density at radius 3 is 2.73 bits per heavy atom. The van der Waals surface area contributed by atoms with E-state index >= 15 is 0 Å². The molecule has 132 valence electrons. The second-order valence-corrected chi connectivity index (χ2v) is 7.37. The molecule has 1 aromatic carbocycles. The van der Waals surface area contributed by atoms with Crippen molar-refractivity contribution in [2.24, 2.45) is 0 Å². The highest BCUT2D eigenvalue weighted by Gasteiger charge is 2.21. The van der Waals surface area contributed by atoms with Crippen LogP contribution < -0.4 is 10.6 Å². The molecule has 0 bridgehead atoms. The third-order valence-electron chi connectivity index (χ3n) is 4.04. The van der Waals surface area contributed by atoms with Gasteiger partial charge in [-0.25, -0.2) is 4.39 Å². The van der Waals surface area contributed by atoms with Crippen LogP contribution in [0, 0.1) is 17.1 Å². The summed E-state index contributed by atoms with van der Waals surface area (Å²) >= 11 is 6.71. The van der Waals surface area contributed by atoms with E-state index in [4.69, 9.17) is 12.2 Å². The number of carbonyl (C=O) groups excluding carboxylic acids is 1. The van der Waals surface area contributed by atoms with Crippen LogP contribution in [0.3, 0.4) is 0 Å². The normalized spacial score (nSPS) is 13.1. The van der Waals surface area contributed by atoms with E-state index in [0.717, 1.165) is 31.2 Å². The van der Waals surface area contributed by atoms with E-state index in [2.05, 4.69) is 16.7 Å². The van der Waals surface area contributed by atoms with E-state index in [9.17, 15) is 14.4 Å². The van der Waals surface area contributed by atoms with Gasteiger partial charge in [-0.2, -0.15) is 5.26 Å². The fraction of sp³-hybridized carbons (Fsp3) is 0.211. The standard InChI is InChI=1S/C19H16FN3OS2/c20-13-8-5-12(6-9-13)7-10-17(24)22-19(25)23-18-15(11-21)14-3-1-2-4-16(14)26-18/h5-10H,1-4H2,(H2,22,23,24,25)/b10-7-. The van der Waals surface area contributed by atoms with Gasteiger partial charge >= 0.3 is 0 Å². The predicted molar refractivity (Wildman–Crippen MR) is 105 cm³/mol. The number of aryl methyl sites for hydroxylation is 1. The highest BCUT2D eigenvalue weighted by atomic mass is 32.1. The first-order chi connectivity index (χ1) is 12.6. The first kappa shape index (κ1) is 18.2. The summed E-state index contributed by atoms with van der Waals surface area (Å²) in [6.45, 7) is 0. The van der Waals surface area contributed by atoms with E-state index in [-0.39, 0.29) is 10.9 Å². The van der Waals surface area contributed by atoms with Crippen molar-refractivity contribution in [3.8, 4) is 6.07 Å². The zero-order chi connectivity index (χ0) is 18.5. The fourth-order valence-electron chi connectivity index (χ4n) is 2.81. The highest BCUT2D eigenvalue weighted by molar-refractivity contribution is 7.80. The summed E-state index contributed by atoms with van der Waals surface area (Å²) in [4.78, 5) is 13.2. The van der Waals surface area contributed by atoms with Crippen LogP contribution in [0.1, 0.15) is 34.4 Å². The molecule has 4 nitrogen and oxygen atoms in total. The fourth-order valence-corrected chi connectivity index (χ4v) is 4.32. The maximum atomic E-state index is 12.9. The lowest BCUT2D eigenvalue weighted by Crippen LogP contribution is -2.32. The average Bonchev–Trinajstić information content (AvgIpc) is 2.97. The number of benzene rings is 1. The molecule has 0 fully saturated rings. The maximum absolute atomic E-state index is 12.9. The number of nitrogens with one attached hydrogen (secondary N) is 2. The molecule has 0 unspecified atom stereocenters. The maximum Gasteiger partial charge on any atom is 0.250 e. The molecule has 1 heterocycles. The van der Waals surface area contributed by atoms with Crippen molar-refractivity contribution in [3.63, 3.8) is 0 Å². The van der Waals surface area contributed by atoms with Crippen LogP contribution in [-0.2, 0) is 17.6 Å². The molecule has 0 saturated carbocycles. The Morgan fingerprint density at radius 2 is 2.00 bits per heavy atom. The van der Waals surface area contributed by atoms with Gasteiger partial charge in [0.1, 0.15) is 16.9 Å². The zero-order valence-corrected chi connectivity index (χ0v) is 15.5. The van der Waals surface area contributed by atoms with Gasteiger partial charge < -0.3 is 5.32 Å². The summed E-state index contributed by atoms with van der Waals surface area (Å²) < 4.78 is 12.9. The lowest BCUT2D eigenvalue weighted by Gasteiger charge is -2.09. The van der Waals surface area contributed by atoms with Gasteiger partial charge in [-0.3, -0.25) is 10.1 Å². The summed E-state index contributed by atoms with van der Waals surface area (Å²) in [5.41, 5.74) is 2.44. The average molecular weight is 385 g/mol. The largest absolute Gasteiger partial charge is 0.323 e. The highest BCUT2D eigenvalue weighted by Crippen LogP contribution is 2.37. The molecule has 1 aromatic heterocycles. The predicted octanol–water partition coefficient (Wildman–Crippen LogP) is 4.16. The van der Waals surface area contributed by atoms with Crippen molar-refractivity contribution >= 4 is 45.7 Å². The molecular weight excluding hydrogens is 369 g/mol. The van der Waals surface area contributed by atoms with Gasteiger partial charge in [0.15, 0.2) is 5.11 Å². The van der Waals surface area contributed by atoms with Gasteiger partial charge in [0.05, 0.1) is 5.56 Å². The van der Waals surface area contributed by atoms with E-state index < -0.39 is 5.91 Å². The Balaban J connectivity index is 1.62. The number of hydrogen-bond acceptors (Lipinski definition) is 4. The number of thiophene rings is 1. The summed E-state index contributed by atoms with van der Waals surface area (Å²) in [5.74, 6) is -0.726. The molecule has 1 aliphatic rings. The van der Waals surface area contributed by atoms with Crippen LogP contribution in [0.25, 0.3) is 6.08 Å². The quantitative estimate of drug-likeness (QED) is 0.615.